The Morgan fingerprint density at radius 1 is 0.980 bits per heavy atom. The van der Waals surface area contributed by atoms with Gasteiger partial charge in [0.15, 0.2) is 0 Å². The van der Waals surface area contributed by atoms with Crippen molar-refractivity contribution in [2.45, 2.75) is 32.0 Å². The van der Waals surface area contributed by atoms with Crippen LogP contribution in [0, 0.1) is 0 Å². The fourth-order valence-corrected chi connectivity index (χ4v) is 6.15. The Balaban J connectivity index is 0.000000606. The lowest BCUT2D eigenvalue weighted by Gasteiger charge is -2.38. The highest BCUT2D eigenvalue weighted by Gasteiger charge is 2.38. The van der Waals surface area contributed by atoms with Crippen molar-refractivity contribution in [3.63, 3.8) is 0 Å². The molecule has 1 aromatic heterocycles. The number of carbonyl (C=O) groups excluding carboxylic acids is 1. The number of hydrogen-bond acceptors (Lipinski definition) is 10. The van der Waals surface area contributed by atoms with E-state index in [2.05, 4.69) is 27.3 Å². The Morgan fingerprint density at radius 2 is 1.69 bits per heavy atom. The summed E-state index contributed by atoms with van der Waals surface area (Å²) in [7, 11) is 0. The Labute approximate surface area is 282 Å². The number of benzene rings is 2. The molecule has 2 saturated heterocycles. The largest absolute Gasteiger partial charge is 0.508 e. The Bertz CT molecular complexity index is 1630. The van der Waals surface area contributed by atoms with Gasteiger partial charge in [0, 0.05) is 68.5 Å². The number of phenolic OH excluding ortho intramolecular Hbond substituents is 1. The SMILES string of the molecule is C=CC(=O)N1CCN(c2nc(OCCCCN3CCOCC3)nc3c2CCN(c2cc(O)cc4ccccc24)C3)CC1.O=C(O)C(F)(F)F. The molecule has 2 aromatic carbocycles. The number of amides is 1. The molecule has 0 saturated carbocycles. The van der Waals surface area contributed by atoms with E-state index in [0.29, 0.717) is 45.3 Å². The van der Waals surface area contributed by atoms with Crippen LogP contribution in [-0.2, 0) is 27.3 Å². The number of carbonyl (C=O) groups is 2. The number of aromatic nitrogens is 2. The number of hydrogen-bond donors (Lipinski definition) is 2. The summed E-state index contributed by atoms with van der Waals surface area (Å²) in [6.45, 7) is 12.9. The van der Waals surface area contributed by atoms with Crippen molar-refractivity contribution in [2.24, 2.45) is 0 Å². The van der Waals surface area contributed by atoms with Crippen molar-refractivity contribution >= 4 is 34.2 Å². The van der Waals surface area contributed by atoms with Crippen molar-refractivity contribution in [3.8, 4) is 11.8 Å². The smallest absolute Gasteiger partial charge is 0.490 e. The molecule has 264 valence electrons. The summed E-state index contributed by atoms with van der Waals surface area (Å²) in [5.41, 5.74) is 3.09. The summed E-state index contributed by atoms with van der Waals surface area (Å²) >= 11 is 0. The summed E-state index contributed by atoms with van der Waals surface area (Å²) in [4.78, 5) is 39.7. The number of carboxylic acid groups (broad SMARTS) is 1. The number of morpholine rings is 1. The molecule has 3 aromatic rings. The molecule has 3 aliphatic rings. The second-order valence-electron chi connectivity index (χ2n) is 11.9. The van der Waals surface area contributed by atoms with Crippen LogP contribution in [0.5, 0.6) is 11.8 Å². The maximum Gasteiger partial charge on any atom is 0.490 e. The van der Waals surface area contributed by atoms with Gasteiger partial charge >= 0.3 is 18.2 Å². The van der Waals surface area contributed by atoms with Crippen molar-refractivity contribution in [1.29, 1.82) is 0 Å². The van der Waals surface area contributed by atoms with Gasteiger partial charge in [0.1, 0.15) is 11.6 Å². The van der Waals surface area contributed by atoms with Gasteiger partial charge in [-0.2, -0.15) is 23.1 Å². The second kappa shape index (κ2) is 16.2. The van der Waals surface area contributed by atoms with E-state index >= 15 is 0 Å². The van der Waals surface area contributed by atoms with Crippen LogP contribution in [0.2, 0.25) is 0 Å². The summed E-state index contributed by atoms with van der Waals surface area (Å²) in [6, 6.07) is 12.2. The number of ether oxygens (including phenoxy) is 2. The third-order valence-corrected chi connectivity index (χ3v) is 8.70. The summed E-state index contributed by atoms with van der Waals surface area (Å²) in [5, 5.41) is 19.7. The van der Waals surface area contributed by atoms with E-state index in [1.165, 1.54) is 6.08 Å². The molecule has 49 heavy (non-hydrogen) atoms. The van der Waals surface area contributed by atoms with Crippen LogP contribution in [0.15, 0.2) is 49.1 Å². The normalized spacial score (nSPS) is 16.8. The molecule has 3 aliphatic heterocycles. The molecule has 0 spiro atoms. The Kier molecular flexibility index (Phi) is 11.8. The van der Waals surface area contributed by atoms with Crippen LogP contribution < -0.4 is 14.5 Å². The molecule has 0 aliphatic carbocycles. The number of nitrogens with zero attached hydrogens (tertiary/aromatic N) is 6. The first kappa shape index (κ1) is 35.7. The monoisotopic (exact) mass is 686 g/mol. The highest BCUT2D eigenvalue weighted by atomic mass is 19.4. The Morgan fingerprint density at radius 3 is 2.39 bits per heavy atom. The number of rotatable bonds is 9. The van der Waals surface area contributed by atoms with Crippen LogP contribution in [0.25, 0.3) is 10.8 Å². The fraction of sp³-hybridized carbons (Fsp3) is 0.471. The van der Waals surface area contributed by atoms with Gasteiger partial charge in [0.25, 0.3) is 0 Å². The quantitative estimate of drug-likeness (QED) is 0.251. The number of alkyl halides is 3. The highest BCUT2D eigenvalue weighted by Crippen LogP contribution is 2.36. The zero-order valence-corrected chi connectivity index (χ0v) is 27.2. The van der Waals surface area contributed by atoms with Crippen LogP contribution in [0.3, 0.4) is 0 Å². The number of aliphatic carboxylic acids is 1. The minimum atomic E-state index is -5.08. The second-order valence-corrected chi connectivity index (χ2v) is 11.9. The van der Waals surface area contributed by atoms with E-state index in [1.54, 1.807) is 6.07 Å². The standard InChI is InChI=1S/C32H40N6O4.C2HF3O2/c1-2-30(40)36-12-14-37(15-13-36)31-27-9-11-38(29-22-25(39)21-24-7-3-4-8-26(24)29)23-28(27)33-32(34-31)42-18-6-5-10-35-16-19-41-20-17-35;3-2(4,5)1(6)7/h2-4,7-8,21-22,39H,1,5-6,9-20,23H2;(H,6,7). The minimum Gasteiger partial charge on any atom is -0.508 e. The van der Waals surface area contributed by atoms with Gasteiger partial charge in [0.2, 0.25) is 5.91 Å². The predicted molar refractivity (Wildman–Crippen MR) is 177 cm³/mol. The fourth-order valence-electron chi connectivity index (χ4n) is 6.15. The number of anilines is 2. The van der Waals surface area contributed by atoms with Gasteiger partial charge in [-0.25, -0.2) is 4.79 Å². The molecule has 0 bridgehead atoms. The molecule has 2 N–H and O–H groups in total. The molecular formula is C34H41F3N6O6. The van der Waals surface area contributed by atoms with Gasteiger partial charge < -0.3 is 34.4 Å². The lowest BCUT2D eigenvalue weighted by Crippen LogP contribution is -2.49. The number of halogens is 3. The molecule has 15 heteroatoms. The maximum absolute atomic E-state index is 12.2. The van der Waals surface area contributed by atoms with Gasteiger partial charge in [-0.05, 0) is 43.3 Å². The molecular weight excluding hydrogens is 645 g/mol. The average molecular weight is 687 g/mol. The van der Waals surface area contributed by atoms with E-state index < -0.39 is 12.1 Å². The van der Waals surface area contributed by atoms with Crippen molar-refractivity contribution in [3.05, 3.63) is 60.3 Å². The lowest BCUT2D eigenvalue weighted by molar-refractivity contribution is -0.192. The van der Waals surface area contributed by atoms with Crippen LogP contribution in [0.4, 0.5) is 24.7 Å². The third-order valence-electron chi connectivity index (χ3n) is 8.70. The number of aromatic hydroxyl groups is 1. The van der Waals surface area contributed by atoms with Gasteiger partial charge in [-0.3, -0.25) is 9.69 Å². The van der Waals surface area contributed by atoms with Crippen molar-refractivity contribution < 1.29 is 42.4 Å². The van der Waals surface area contributed by atoms with Crippen LogP contribution in [-0.4, -0.2) is 120 Å². The van der Waals surface area contributed by atoms with Crippen LogP contribution in [0.1, 0.15) is 24.1 Å². The summed E-state index contributed by atoms with van der Waals surface area (Å²) < 4.78 is 43.4. The molecule has 0 atom stereocenters. The molecule has 2 fully saturated rings. The van der Waals surface area contributed by atoms with Crippen LogP contribution >= 0.6 is 0 Å². The summed E-state index contributed by atoms with van der Waals surface area (Å²) in [6.07, 6.45) is -0.945. The van der Waals surface area contributed by atoms with E-state index in [1.807, 2.05) is 29.2 Å². The predicted octanol–water partition coefficient (Wildman–Crippen LogP) is 3.86. The average Bonchev–Trinajstić information content (AvgIpc) is 3.10. The van der Waals surface area contributed by atoms with E-state index in [-0.39, 0.29) is 11.7 Å². The molecule has 0 unspecified atom stereocenters. The molecule has 12 nitrogen and oxygen atoms in total. The molecule has 4 heterocycles. The first-order valence-corrected chi connectivity index (χ1v) is 16.3. The van der Waals surface area contributed by atoms with E-state index in [4.69, 9.17) is 29.3 Å². The van der Waals surface area contributed by atoms with Gasteiger partial charge in [-0.1, -0.05) is 30.8 Å². The zero-order chi connectivity index (χ0) is 35.0. The van der Waals surface area contributed by atoms with E-state index in [0.717, 1.165) is 92.2 Å². The number of fused-ring (bicyclic) bond motifs is 2. The number of phenols is 1. The Hall–Kier alpha value is -4.63. The first-order chi connectivity index (χ1) is 23.5. The van der Waals surface area contributed by atoms with Crippen molar-refractivity contribution in [1.82, 2.24) is 19.8 Å². The number of piperazine rings is 1. The number of carboxylic acids is 1. The minimum absolute atomic E-state index is 0.0329. The van der Waals surface area contributed by atoms with Gasteiger partial charge in [-0.15, -0.1) is 0 Å². The third kappa shape index (κ3) is 9.29. The number of unbranched alkanes of at least 4 members (excludes halogenated alkanes) is 1. The van der Waals surface area contributed by atoms with Crippen molar-refractivity contribution in [2.75, 3.05) is 82.0 Å². The lowest BCUT2D eigenvalue weighted by atomic mass is 10.0. The highest BCUT2D eigenvalue weighted by molar-refractivity contribution is 5.95. The summed E-state index contributed by atoms with van der Waals surface area (Å²) in [5.74, 6) is -1.62. The molecule has 1 amide bonds. The molecule has 0 radical (unpaired) electrons. The maximum atomic E-state index is 12.2. The topological polar surface area (TPSA) is 132 Å². The van der Waals surface area contributed by atoms with E-state index in [9.17, 15) is 23.1 Å². The molecule has 6 rings (SSSR count). The first-order valence-electron chi connectivity index (χ1n) is 16.3. The zero-order valence-electron chi connectivity index (χ0n) is 27.2. The van der Waals surface area contributed by atoms with Gasteiger partial charge in [0.05, 0.1) is 32.1 Å².